The van der Waals surface area contributed by atoms with Crippen molar-refractivity contribution in [1.29, 1.82) is 0 Å². The number of carbonyl (C=O) groups excluding carboxylic acids is 2. The van der Waals surface area contributed by atoms with Crippen LogP contribution in [0.4, 0.5) is 0 Å². The molecular weight excluding hydrogens is 320 g/mol. The van der Waals surface area contributed by atoms with E-state index in [1.165, 1.54) is 0 Å². The molecule has 0 spiro atoms. The number of hydrogen-bond donors (Lipinski definition) is 0. The maximum Gasteiger partial charge on any atom is 0.225 e. The van der Waals surface area contributed by atoms with Gasteiger partial charge in [-0.15, -0.1) is 0 Å². The average Bonchev–Trinajstić information content (AvgIpc) is 2.60. The maximum absolute atomic E-state index is 12.9. The van der Waals surface area contributed by atoms with Crippen molar-refractivity contribution < 1.29 is 14.3 Å². The summed E-state index contributed by atoms with van der Waals surface area (Å²) in [5.74, 6) is 0.993. The van der Waals surface area contributed by atoms with E-state index in [1.54, 1.807) is 6.92 Å². The highest BCUT2D eigenvalue weighted by Crippen LogP contribution is 2.25. The fourth-order valence-electron chi connectivity index (χ4n) is 3.64. The van der Waals surface area contributed by atoms with Gasteiger partial charge in [-0.05, 0) is 32.8 Å². The summed E-state index contributed by atoms with van der Waals surface area (Å²) in [6, 6.07) is 1.93. The molecular formula is C18H26N4O3. The Morgan fingerprint density at radius 3 is 2.48 bits per heavy atom. The Bertz CT molecular complexity index is 635. The van der Waals surface area contributed by atoms with E-state index >= 15 is 0 Å². The number of rotatable bonds is 2. The molecule has 1 atom stereocenters. The minimum atomic E-state index is -0.199. The summed E-state index contributed by atoms with van der Waals surface area (Å²) in [6.45, 7) is 8.39. The summed E-state index contributed by atoms with van der Waals surface area (Å²) in [5.41, 5.74) is 1.75. The molecule has 0 aliphatic carbocycles. The van der Waals surface area contributed by atoms with Crippen LogP contribution in [0, 0.1) is 19.8 Å². The first-order valence-corrected chi connectivity index (χ1v) is 8.92. The Kier molecular flexibility index (Phi) is 5.32. The predicted octanol–water partition coefficient (Wildman–Crippen LogP) is 1.25. The first-order chi connectivity index (χ1) is 11.9. The molecule has 7 nitrogen and oxygen atoms in total. The SMILES string of the molecule is CC(=O)N1CCC(C(=O)N2CCO[C@H](c3cc(C)nc(C)n3)C2)CC1. The topological polar surface area (TPSA) is 75.6 Å². The molecule has 2 aliphatic rings. The summed E-state index contributed by atoms with van der Waals surface area (Å²) in [4.78, 5) is 36.8. The van der Waals surface area contributed by atoms with Crippen LogP contribution in [0.1, 0.15) is 43.1 Å². The molecule has 0 radical (unpaired) electrons. The standard InChI is InChI=1S/C18H26N4O3/c1-12-10-16(20-13(2)19-12)17-11-22(8-9-25-17)18(24)15-4-6-21(7-5-15)14(3)23/h10,15,17H,4-9,11H2,1-3H3/t17-/m0/s1. The molecule has 0 aromatic carbocycles. The number of carbonyl (C=O) groups is 2. The van der Waals surface area contributed by atoms with Gasteiger partial charge in [0.25, 0.3) is 0 Å². The van der Waals surface area contributed by atoms with Crippen molar-refractivity contribution in [3.63, 3.8) is 0 Å². The number of amides is 2. The lowest BCUT2D eigenvalue weighted by Gasteiger charge is -2.37. The molecule has 2 saturated heterocycles. The van der Waals surface area contributed by atoms with E-state index in [9.17, 15) is 9.59 Å². The van der Waals surface area contributed by atoms with Gasteiger partial charge in [0.1, 0.15) is 11.9 Å². The minimum absolute atomic E-state index is 0.00298. The lowest BCUT2D eigenvalue weighted by atomic mass is 9.94. The van der Waals surface area contributed by atoms with Gasteiger partial charge in [0.2, 0.25) is 11.8 Å². The van der Waals surface area contributed by atoms with Gasteiger partial charge in [-0.1, -0.05) is 0 Å². The van der Waals surface area contributed by atoms with Crippen LogP contribution >= 0.6 is 0 Å². The number of nitrogens with zero attached hydrogens (tertiary/aromatic N) is 4. The Labute approximate surface area is 148 Å². The van der Waals surface area contributed by atoms with Crippen molar-refractivity contribution in [3.05, 3.63) is 23.3 Å². The Morgan fingerprint density at radius 2 is 1.84 bits per heavy atom. The molecule has 0 saturated carbocycles. The second kappa shape index (κ2) is 7.47. The molecule has 3 heterocycles. The molecule has 136 valence electrons. The maximum atomic E-state index is 12.9. The van der Waals surface area contributed by atoms with E-state index in [0.29, 0.717) is 32.8 Å². The number of ether oxygens (including phenoxy) is 1. The first kappa shape index (κ1) is 17.8. The molecule has 1 aromatic rings. The summed E-state index contributed by atoms with van der Waals surface area (Å²) >= 11 is 0. The number of likely N-dealkylation sites (tertiary alicyclic amines) is 1. The Balaban J connectivity index is 1.63. The monoisotopic (exact) mass is 346 g/mol. The van der Waals surface area contributed by atoms with Crippen LogP contribution in [0.2, 0.25) is 0 Å². The zero-order valence-corrected chi connectivity index (χ0v) is 15.2. The van der Waals surface area contributed by atoms with Gasteiger partial charge in [-0.25, -0.2) is 9.97 Å². The third-order valence-corrected chi connectivity index (χ3v) is 4.98. The quantitative estimate of drug-likeness (QED) is 0.806. The van der Waals surface area contributed by atoms with Gasteiger partial charge >= 0.3 is 0 Å². The van der Waals surface area contributed by atoms with Crippen molar-refractivity contribution >= 4 is 11.8 Å². The molecule has 0 bridgehead atoms. The van der Waals surface area contributed by atoms with Crippen LogP contribution in [0.3, 0.4) is 0 Å². The molecule has 0 N–H and O–H groups in total. The van der Waals surface area contributed by atoms with Crippen molar-refractivity contribution in [3.8, 4) is 0 Å². The third-order valence-electron chi connectivity index (χ3n) is 4.98. The third kappa shape index (κ3) is 4.15. The highest BCUT2D eigenvalue weighted by Gasteiger charge is 2.33. The van der Waals surface area contributed by atoms with Gasteiger partial charge in [-0.2, -0.15) is 0 Å². The van der Waals surface area contributed by atoms with E-state index in [1.807, 2.05) is 29.7 Å². The molecule has 0 unspecified atom stereocenters. The number of aromatic nitrogens is 2. The molecule has 2 amide bonds. The summed E-state index contributed by atoms with van der Waals surface area (Å²) < 4.78 is 5.85. The zero-order chi connectivity index (χ0) is 18.0. The van der Waals surface area contributed by atoms with E-state index in [2.05, 4.69) is 9.97 Å². The molecule has 2 aliphatic heterocycles. The van der Waals surface area contributed by atoms with Crippen molar-refractivity contribution in [1.82, 2.24) is 19.8 Å². The van der Waals surface area contributed by atoms with Crippen molar-refractivity contribution in [2.24, 2.45) is 5.92 Å². The predicted molar refractivity (Wildman–Crippen MR) is 91.8 cm³/mol. The van der Waals surface area contributed by atoms with Crippen LogP contribution in [-0.2, 0) is 14.3 Å². The fraction of sp³-hybridized carbons (Fsp3) is 0.667. The minimum Gasteiger partial charge on any atom is -0.368 e. The molecule has 25 heavy (non-hydrogen) atoms. The van der Waals surface area contributed by atoms with Crippen molar-refractivity contribution in [2.75, 3.05) is 32.8 Å². The summed E-state index contributed by atoms with van der Waals surface area (Å²) in [6.07, 6.45) is 1.29. The average molecular weight is 346 g/mol. The second-order valence-electron chi connectivity index (χ2n) is 6.91. The van der Waals surface area contributed by atoms with Crippen LogP contribution in [-0.4, -0.2) is 64.4 Å². The summed E-state index contributed by atoms with van der Waals surface area (Å²) in [5, 5.41) is 0. The Hall–Kier alpha value is -2.02. The van der Waals surface area contributed by atoms with E-state index in [0.717, 1.165) is 30.1 Å². The summed E-state index contributed by atoms with van der Waals surface area (Å²) in [7, 11) is 0. The Morgan fingerprint density at radius 1 is 1.12 bits per heavy atom. The fourth-order valence-corrected chi connectivity index (χ4v) is 3.64. The van der Waals surface area contributed by atoms with Crippen LogP contribution in [0.25, 0.3) is 0 Å². The molecule has 1 aromatic heterocycles. The highest BCUT2D eigenvalue weighted by molar-refractivity contribution is 5.80. The van der Waals surface area contributed by atoms with Crippen LogP contribution in [0.15, 0.2) is 6.07 Å². The van der Waals surface area contributed by atoms with Gasteiger partial charge in [0.15, 0.2) is 0 Å². The van der Waals surface area contributed by atoms with Gasteiger partial charge in [0, 0.05) is 38.2 Å². The molecule has 3 rings (SSSR count). The van der Waals surface area contributed by atoms with E-state index in [4.69, 9.17) is 4.74 Å². The van der Waals surface area contributed by atoms with Gasteiger partial charge < -0.3 is 14.5 Å². The number of morpholine rings is 1. The molecule has 7 heteroatoms. The van der Waals surface area contributed by atoms with Crippen molar-refractivity contribution in [2.45, 2.75) is 39.7 Å². The van der Waals surface area contributed by atoms with Gasteiger partial charge in [0.05, 0.1) is 18.8 Å². The largest absolute Gasteiger partial charge is 0.368 e. The number of hydrogen-bond acceptors (Lipinski definition) is 5. The number of aryl methyl sites for hydroxylation is 2. The lowest BCUT2D eigenvalue weighted by Crippen LogP contribution is -2.48. The number of piperidine rings is 1. The zero-order valence-electron chi connectivity index (χ0n) is 15.2. The van der Waals surface area contributed by atoms with E-state index < -0.39 is 0 Å². The van der Waals surface area contributed by atoms with Crippen LogP contribution < -0.4 is 0 Å². The normalized spacial score (nSPS) is 22.1. The van der Waals surface area contributed by atoms with Gasteiger partial charge in [-0.3, -0.25) is 9.59 Å². The van der Waals surface area contributed by atoms with Crippen LogP contribution in [0.5, 0.6) is 0 Å². The second-order valence-corrected chi connectivity index (χ2v) is 6.91. The highest BCUT2D eigenvalue weighted by atomic mass is 16.5. The smallest absolute Gasteiger partial charge is 0.225 e. The van der Waals surface area contributed by atoms with E-state index in [-0.39, 0.29) is 23.8 Å². The molecule has 2 fully saturated rings. The lowest BCUT2D eigenvalue weighted by molar-refractivity contribution is -0.146. The first-order valence-electron chi connectivity index (χ1n) is 8.92.